The van der Waals surface area contributed by atoms with Crippen molar-refractivity contribution in [2.45, 2.75) is 12.8 Å². The van der Waals surface area contributed by atoms with Crippen LogP contribution < -0.4 is 15.2 Å². The number of carbonyl (C=O) groups is 3. The third-order valence-electron chi connectivity index (χ3n) is 5.92. The molecule has 0 bridgehead atoms. The van der Waals surface area contributed by atoms with E-state index in [2.05, 4.69) is 9.72 Å². The Morgan fingerprint density at radius 1 is 1.00 bits per heavy atom. The average Bonchev–Trinajstić information content (AvgIpc) is 2.86. The second-order valence-electron chi connectivity index (χ2n) is 8.27. The molecule has 0 atom stereocenters. The summed E-state index contributed by atoms with van der Waals surface area (Å²) in [6, 6.07) is 11.8. The van der Waals surface area contributed by atoms with Gasteiger partial charge in [-0.2, -0.15) is 0 Å². The molecule has 12 heteroatoms. The number of pyridine rings is 1. The predicted octanol–water partition coefficient (Wildman–Crippen LogP) is 2.77. The Morgan fingerprint density at radius 2 is 1.68 bits per heavy atom. The molecule has 0 unspecified atom stereocenters. The Kier molecular flexibility index (Phi) is 7.18. The number of nitrogens with zero attached hydrogens (tertiary/aromatic N) is 3. The molecule has 1 aliphatic rings. The molecule has 0 spiro atoms. The number of piperazine rings is 1. The number of rotatable bonds is 6. The number of amides is 3. The normalized spacial score (nSPS) is 13.9. The van der Waals surface area contributed by atoms with E-state index in [1.807, 2.05) is 0 Å². The smallest absolute Gasteiger partial charge is 0.495 e. The molecule has 1 saturated heterocycles. The van der Waals surface area contributed by atoms with E-state index >= 15 is 0 Å². The number of methoxy groups -OCH3 is 1. The van der Waals surface area contributed by atoms with Crippen LogP contribution in [0.3, 0.4) is 0 Å². The summed E-state index contributed by atoms with van der Waals surface area (Å²) in [5.41, 5.74) is 6.39. The van der Waals surface area contributed by atoms with Crippen LogP contribution in [0.15, 0.2) is 48.5 Å². The summed E-state index contributed by atoms with van der Waals surface area (Å²) in [6.45, 7) is 0.734. The number of halogens is 3. The Balaban J connectivity index is 1.45. The van der Waals surface area contributed by atoms with Gasteiger partial charge in [0.1, 0.15) is 17.1 Å². The standard InChI is InChI=1S/C25H23F3N4O5/c1-36-22-17-7-2-3-8-18(17)30-19(21(22)23(29)34)14-20(33)31-9-11-32(12-10-31)24(35)15-5-4-6-16(13-15)37-25(26,27)28/h2-8,13H,9-12,14H2,1H3,(H2,29,34). The summed E-state index contributed by atoms with van der Waals surface area (Å²) >= 11 is 0. The molecule has 3 aromatic rings. The fourth-order valence-electron chi connectivity index (χ4n) is 4.25. The molecule has 37 heavy (non-hydrogen) atoms. The number of carbonyl (C=O) groups excluding carboxylic acids is 3. The lowest BCUT2D eigenvalue weighted by molar-refractivity contribution is -0.274. The fourth-order valence-corrected chi connectivity index (χ4v) is 4.25. The van der Waals surface area contributed by atoms with Crippen molar-refractivity contribution in [2.75, 3.05) is 33.3 Å². The molecule has 0 radical (unpaired) electrons. The minimum atomic E-state index is -4.87. The van der Waals surface area contributed by atoms with Gasteiger partial charge in [0.25, 0.3) is 11.8 Å². The highest BCUT2D eigenvalue weighted by Gasteiger charge is 2.32. The Hall–Kier alpha value is -4.35. The van der Waals surface area contributed by atoms with Crippen LogP contribution in [0, 0.1) is 0 Å². The van der Waals surface area contributed by atoms with E-state index < -0.39 is 23.9 Å². The van der Waals surface area contributed by atoms with Crippen molar-refractivity contribution in [1.82, 2.24) is 14.8 Å². The van der Waals surface area contributed by atoms with E-state index in [0.29, 0.717) is 10.9 Å². The maximum atomic E-state index is 13.1. The number of aromatic nitrogens is 1. The first-order valence-corrected chi connectivity index (χ1v) is 11.3. The molecule has 4 rings (SSSR count). The Morgan fingerprint density at radius 3 is 2.32 bits per heavy atom. The van der Waals surface area contributed by atoms with E-state index in [-0.39, 0.29) is 61.1 Å². The van der Waals surface area contributed by atoms with Gasteiger partial charge in [0.2, 0.25) is 5.91 Å². The van der Waals surface area contributed by atoms with Crippen molar-refractivity contribution < 1.29 is 37.0 Å². The van der Waals surface area contributed by atoms with Crippen molar-refractivity contribution in [1.29, 1.82) is 0 Å². The molecule has 9 nitrogen and oxygen atoms in total. The molecular formula is C25H23F3N4O5. The Labute approximate surface area is 209 Å². The lowest BCUT2D eigenvalue weighted by atomic mass is 10.0. The van der Waals surface area contributed by atoms with Crippen LogP contribution in [-0.4, -0.2) is 72.2 Å². The molecule has 2 aromatic carbocycles. The lowest BCUT2D eigenvalue weighted by Gasteiger charge is -2.35. The van der Waals surface area contributed by atoms with E-state index in [0.717, 1.165) is 12.1 Å². The number of fused-ring (bicyclic) bond motifs is 1. The van der Waals surface area contributed by atoms with E-state index in [4.69, 9.17) is 10.5 Å². The van der Waals surface area contributed by atoms with Crippen LogP contribution in [0.25, 0.3) is 10.9 Å². The second kappa shape index (κ2) is 10.3. The maximum absolute atomic E-state index is 13.1. The minimum Gasteiger partial charge on any atom is -0.495 e. The van der Waals surface area contributed by atoms with Crippen molar-refractivity contribution in [2.24, 2.45) is 5.73 Å². The van der Waals surface area contributed by atoms with Crippen molar-refractivity contribution in [3.63, 3.8) is 0 Å². The van der Waals surface area contributed by atoms with Crippen molar-refractivity contribution >= 4 is 28.6 Å². The molecule has 1 aliphatic heterocycles. The highest BCUT2D eigenvalue weighted by atomic mass is 19.4. The highest BCUT2D eigenvalue weighted by molar-refractivity contribution is 6.04. The lowest BCUT2D eigenvalue weighted by Crippen LogP contribution is -2.51. The van der Waals surface area contributed by atoms with Gasteiger partial charge < -0.3 is 25.0 Å². The first-order valence-electron chi connectivity index (χ1n) is 11.3. The monoisotopic (exact) mass is 516 g/mol. The van der Waals surface area contributed by atoms with Crippen LogP contribution in [-0.2, 0) is 11.2 Å². The van der Waals surface area contributed by atoms with Crippen LogP contribution in [0.5, 0.6) is 11.5 Å². The molecule has 0 saturated carbocycles. The van der Waals surface area contributed by atoms with Crippen molar-refractivity contribution in [3.8, 4) is 11.5 Å². The first-order chi connectivity index (χ1) is 17.6. The molecule has 2 N–H and O–H groups in total. The Bertz CT molecular complexity index is 1350. The van der Waals surface area contributed by atoms with E-state index in [9.17, 15) is 27.6 Å². The van der Waals surface area contributed by atoms with Crippen LogP contribution in [0.4, 0.5) is 13.2 Å². The van der Waals surface area contributed by atoms with Gasteiger partial charge >= 0.3 is 6.36 Å². The highest BCUT2D eigenvalue weighted by Crippen LogP contribution is 2.31. The zero-order valence-electron chi connectivity index (χ0n) is 19.7. The number of ether oxygens (including phenoxy) is 2. The van der Waals surface area contributed by atoms with Gasteiger partial charge in [0, 0.05) is 37.1 Å². The van der Waals surface area contributed by atoms with Gasteiger partial charge in [-0.1, -0.05) is 18.2 Å². The summed E-state index contributed by atoms with van der Waals surface area (Å²) in [5, 5.41) is 0.590. The summed E-state index contributed by atoms with van der Waals surface area (Å²) in [6.07, 6.45) is -5.07. The average molecular weight is 516 g/mol. The van der Waals surface area contributed by atoms with E-state index in [1.165, 1.54) is 29.0 Å². The fraction of sp³-hybridized carbons (Fsp3) is 0.280. The number of benzene rings is 2. The summed E-state index contributed by atoms with van der Waals surface area (Å²) in [7, 11) is 1.40. The molecule has 0 aliphatic carbocycles. The predicted molar refractivity (Wildman–Crippen MR) is 126 cm³/mol. The molecule has 1 aromatic heterocycles. The molecule has 194 valence electrons. The molecule has 2 heterocycles. The van der Waals surface area contributed by atoms with Gasteiger partial charge in [-0.15, -0.1) is 13.2 Å². The SMILES string of the molecule is COc1c(C(N)=O)c(CC(=O)N2CCN(C(=O)c3cccc(OC(F)(F)F)c3)CC2)nc2ccccc12. The van der Waals surface area contributed by atoms with Crippen molar-refractivity contribution in [3.05, 3.63) is 65.4 Å². The molecule has 1 fully saturated rings. The topological polar surface area (TPSA) is 115 Å². The minimum absolute atomic E-state index is 0.0318. The molecule has 3 amide bonds. The summed E-state index contributed by atoms with van der Waals surface area (Å²) in [4.78, 5) is 45.5. The van der Waals surface area contributed by atoms with Crippen LogP contribution in [0.1, 0.15) is 26.4 Å². The number of hydrogen-bond donors (Lipinski definition) is 1. The number of para-hydroxylation sites is 1. The zero-order valence-corrected chi connectivity index (χ0v) is 19.7. The zero-order chi connectivity index (χ0) is 26.7. The summed E-state index contributed by atoms with van der Waals surface area (Å²) in [5.74, 6) is -1.81. The van der Waals surface area contributed by atoms with E-state index in [1.54, 1.807) is 24.3 Å². The van der Waals surface area contributed by atoms with Gasteiger partial charge in [0.15, 0.2) is 0 Å². The van der Waals surface area contributed by atoms with Gasteiger partial charge in [-0.05, 0) is 30.3 Å². The van der Waals surface area contributed by atoms with Gasteiger partial charge in [-0.25, -0.2) is 0 Å². The summed E-state index contributed by atoms with van der Waals surface area (Å²) < 4.78 is 46.8. The number of primary amides is 1. The van der Waals surface area contributed by atoms with Gasteiger partial charge in [-0.3, -0.25) is 19.4 Å². The quantitative estimate of drug-likeness (QED) is 0.539. The van der Waals surface area contributed by atoms with Crippen LogP contribution in [0.2, 0.25) is 0 Å². The third-order valence-corrected chi connectivity index (χ3v) is 5.92. The maximum Gasteiger partial charge on any atom is 0.573 e. The van der Waals surface area contributed by atoms with Gasteiger partial charge in [0.05, 0.1) is 24.7 Å². The second-order valence-corrected chi connectivity index (χ2v) is 8.27. The number of alkyl halides is 3. The van der Waals surface area contributed by atoms with Crippen LogP contribution >= 0.6 is 0 Å². The molecular weight excluding hydrogens is 493 g/mol. The number of nitrogens with two attached hydrogens (primary N) is 1. The third kappa shape index (κ3) is 5.74. The largest absolute Gasteiger partial charge is 0.573 e. The first kappa shape index (κ1) is 25.7. The number of hydrogen-bond acceptors (Lipinski definition) is 6.